The number of fused-ring (bicyclic) bond motifs is 1. The summed E-state index contributed by atoms with van der Waals surface area (Å²) in [4.78, 5) is 10.3. The summed E-state index contributed by atoms with van der Waals surface area (Å²) in [6.07, 6.45) is 0. The Kier molecular flexibility index (Phi) is 2.36. The molecule has 4 nitrogen and oxygen atoms in total. The minimum atomic E-state index is -0.455. The Balaban J connectivity index is 2.83. The molecule has 2 rings (SSSR count). The van der Waals surface area contributed by atoms with Gasteiger partial charge in [-0.2, -0.15) is 0 Å². The lowest BCUT2D eigenvalue weighted by atomic mass is 10.1. The molecule has 0 aliphatic carbocycles. The van der Waals surface area contributed by atoms with Crippen molar-refractivity contribution in [3.63, 3.8) is 0 Å². The second kappa shape index (κ2) is 3.55. The van der Waals surface area contributed by atoms with Crippen LogP contribution in [0.2, 0.25) is 0 Å². The van der Waals surface area contributed by atoms with Gasteiger partial charge in [-0.1, -0.05) is 12.1 Å². The summed E-state index contributed by atoms with van der Waals surface area (Å²) in [7, 11) is 0. The maximum absolute atomic E-state index is 10.7. The van der Waals surface area contributed by atoms with Crippen molar-refractivity contribution in [1.29, 1.82) is 0 Å². The molecular formula is C10H8ClNO3. The molecule has 0 amide bonds. The van der Waals surface area contributed by atoms with Crippen molar-refractivity contribution >= 4 is 28.3 Å². The molecule has 78 valence electrons. The molecular weight excluding hydrogens is 218 g/mol. The molecule has 0 atom stereocenters. The van der Waals surface area contributed by atoms with E-state index in [9.17, 15) is 10.1 Å². The number of aryl methyl sites for hydroxylation is 1. The average molecular weight is 226 g/mol. The first-order chi connectivity index (χ1) is 7.15. The molecule has 1 aromatic heterocycles. The normalized spacial score (nSPS) is 10.8. The van der Waals surface area contributed by atoms with E-state index in [1.54, 1.807) is 19.1 Å². The Morgan fingerprint density at radius 2 is 2.27 bits per heavy atom. The quantitative estimate of drug-likeness (QED) is 0.447. The van der Waals surface area contributed by atoms with Crippen LogP contribution in [0.1, 0.15) is 11.3 Å². The van der Waals surface area contributed by atoms with E-state index < -0.39 is 4.92 Å². The number of hydrogen-bond acceptors (Lipinski definition) is 3. The summed E-state index contributed by atoms with van der Waals surface area (Å²) in [6, 6.07) is 4.82. The first kappa shape index (κ1) is 9.98. The molecule has 0 unspecified atom stereocenters. The maximum Gasteiger partial charge on any atom is 0.312 e. The van der Waals surface area contributed by atoms with E-state index in [0.29, 0.717) is 17.2 Å². The van der Waals surface area contributed by atoms with E-state index in [1.807, 2.05) is 0 Å². The molecule has 15 heavy (non-hydrogen) atoms. The molecule has 2 aromatic rings. The second-order valence-corrected chi connectivity index (χ2v) is 3.45. The SMILES string of the molecule is Cc1oc2c([N+](=O)[O-])cccc2c1CCl. The molecule has 0 aliphatic heterocycles. The molecule has 0 saturated carbocycles. The summed E-state index contributed by atoms with van der Waals surface area (Å²) in [6.45, 7) is 1.75. The smallest absolute Gasteiger partial charge is 0.312 e. The van der Waals surface area contributed by atoms with Crippen LogP contribution in [-0.4, -0.2) is 4.92 Å². The first-order valence-corrected chi connectivity index (χ1v) is 4.90. The predicted octanol–water partition coefficient (Wildman–Crippen LogP) is 3.39. The molecule has 0 radical (unpaired) electrons. The highest BCUT2D eigenvalue weighted by Crippen LogP contribution is 2.32. The van der Waals surface area contributed by atoms with Crippen LogP contribution in [0, 0.1) is 17.0 Å². The first-order valence-electron chi connectivity index (χ1n) is 4.36. The number of alkyl halides is 1. The van der Waals surface area contributed by atoms with E-state index in [2.05, 4.69) is 0 Å². The molecule has 1 aromatic carbocycles. The van der Waals surface area contributed by atoms with Gasteiger partial charge in [-0.25, -0.2) is 0 Å². The lowest BCUT2D eigenvalue weighted by molar-refractivity contribution is -0.383. The summed E-state index contributed by atoms with van der Waals surface area (Å²) >= 11 is 5.75. The lowest BCUT2D eigenvalue weighted by Crippen LogP contribution is -1.87. The molecule has 0 N–H and O–H groups in total. The number of rotatable bonds is 2. The van der Waals surface area contributed by atoms with E-state index in [1.165, 1.54) is 6.07 Å². The van der Waals surface area contributed by atoms with Crippen LogP contribution in [0.3, 0.4) is 0 Å². The molecule has 0 bridgehead atoms. The van der Waals surface area contributed by atoms with Gasteiger partial charge >= 0.3 is 5.69 Å². The van der Waals surface area contributed by atoms with Crippen LogP contribution < -0.4 is 0 Å². The van der Waals surface area contributed by atoms with Crippen LogP contribution in [0.25, 0.3) is 11.0 Å². The van der Waals surface area contributed by atoms with Crippen molar-refractivity contribution in [3.05, 3.63) is 39.6 Å². The van der Waals surface area contributed by atoms with Gasteiger partial charge in [0.25, 0.3) is 0 Å². The number of non-ortho nitro benzene ring substituents is 1. The van der Waals surface area contributed by atoms with Crippen LogP contribution in [-0.2, 0) is 5.88 Å². The fourth-order valence-corrected chi connectivity index (χ4v) is 1.92. The third kappa shape index (κ3) is 1.47. The van der Waals surface area contributed by atoms with Gasteiger partial charge in [0.05, 0.1) is 10.8 Å². The topological polar surface area (TPSA) is 56.3 Å². The van der Waals surface area contributed by atoms with Crippen molar-refractivity contribution in [2.45, 2.75) is 12.8 Å². The van der Waals surface area contributed by atoms with E-state index in [4.69, 9.17) is 16.0 Å². The summed E-state index contributed by atoms with van der Waals surface area (Å²) < 4.78 is 5.36. The fraction of sp³-hybridized carbons (Fsp3) is 0.200. The Bertz CT molecular complexity index is 533. The summed E-state index contributed by atoms with van der Waals surface area (Å²) in [5.41, 5.74) is 1.10. The molecule has 0 spiro atoms. The van der Waals surface area contributed by atoms with Crippen LogP contribution >= 0.6 is 11.6 Å². The van der Waals surface area contributed by atoms with E-state index >= 15 is 0 Å². The van der Waals surface area contributed by atoms with Gasteiger partial charge in [0.15, 0.2) is 0 Å². The molecule has 1 heterocycles. The number of halogens is 1. The van der Waals surface area contributed by atoms with Crippen LogP contribution in [0.5, 0.6) is 0 Å². The van der Waals surface area contributed by atoms with Crippen LogP contribution in [0.15, 0.2) is 22.6 Å². The zero-order valence-electron chi connectivity index (χ0n) is 7.99. The minimum absolute atomic E-state index is 0.0213. The Labute approximate surface area is 90.6 Å². The van der Waals surface area contributed by atoms with Gasteiger partial charge < -0.3 is 4.42 Å². The maximum atomic E-state index is 10.7. The number of hydrogen-bond donors (Lipinski definition) is 0. The number of benzene rings is 1. The standard InChI is InChI=1S/C10H8ClNO3/c1-6-8(5-11)7-3-2-4-9(12(13)14)10(7)15-6/h2-4H,5H2,1H3. The van der Waals surface area contributed by atoms with Gasteiger partial charge in [-0.3, -0.25) is 10.1 Å². The predicted molar refractivity (Wildman–Crippen MR) is 57.2 cm³/mol. The summed E-state index contributed by atoms with van der Waals surface area (Å²) in [5, 5.41) is 11.5. The van der Waals surface area contributed by atoms with Crippen molar-refractivity contribution in [1.82, 2.24) is 0 Å². The third-order valence-corrected chi connectivity index (χ3v) is 2.60. The molecule has 0 saturated heterocycles. The number of nitro groups is 1. The van der Waals surface area contributed by atoms with Gasteiger partial charge in [0, 0.05) is 17.0 Å². The highest BCUT2D eigenvalue weighted by Gasteiger charge is 2.19. The van der Waals surface area contributed by atoms with Gasteiger partial charge in [-0.15, -0.1) is 11.6 Å². The number of nitrogens with zero attached hydrogens (tertiary/aromatic N) is 1. The van der Waals surface area contributed by atoms with E-state index in [-0.39, 0.29) is 5.69 Å². The molecule has 0 aliphatic rings. The number of furan rings is 1. The number of para-hydroxylation sites is 1. The van der Waals surface area contributed by atoms with Crippen LogP contribution in [0.4, 0.5) is 5.69 Å². The lowest BCUT2D eigenvalue weighted by Gasteiger charge is -1.92. The zero-order valence-corrected chi connectivity index (χ0v) is 8.75. The van der Waals surface area contributed by atoms with Gasteiger partial charge in [-0.05, 0) is 6.92 Å². The molecule has 0 fully saturated rings. The van der Waals surface area contributed by atoms with Crippen molar-refractivity contribution < 1.29 is 9.34 Å². The van der Waals surface area contributed by atoms with Crippen molar-refractivity contribution in [3.8, 4) is 0 Å². The molecule has 5 heteroatoms. The average Bonchev–Trinajstić information content (AvgIpc) is 2.52. The third-order valence-electron chi connectivity index (χ3n) is 2.33. The monoisotopic (exact) mass is 225 g/mol. The Morgan fingerprint density at radius 3 is 2.87 bits per heavy atom. The zero-order chi connectivity index (χ0) is 11.0. The Hall–Kier alpha value is -1.55. The van der Waals surface area contributed by atoms with Crippen molar-refractivity contribution in [2.75, 3.05) is 0 Å². The summed E-state index contributed by atoms with van der Waals surface area (Å²) in [5.74, 6) is 0.925. The van der Waals surface area contributed by atoms with E-state index in [0.717, 1.165) is 10.9 Å². The van der Waals surface area contributed by atoms with Gasteiger partial charge in [0.2, 0.25) is 5.58 Å². The fourth-order valence-electron chi connectivity index (χ4n) is 1.58. The highest BCUT2D eigenvalue weighted by molar-refractivity contribution is 6.18. The minimum Gasteiger partial charge on any atom is -0.454 e. The van der Waals surface area contributed by atoms with Gasteiger partial charge in [0.1, 0.15) is 5.76 Å². The van der Waals surface area contributed by atoms with Crippen molar-refractivity contribution in [2.24, 2.45) is 0 Å². The Morgan fingerprint density at radius 1 is 1.53 bits per heavy atom. The largest absolute Gasteiger partial charge is 0.454 e. The second-order valence-electron chi connectivity index (χ2n) is 3.18. The number of nitro benzene ring substituents is 1. The highest BCUT2D eigenvalue weighted by atomic mass is 35.5.